The number of hydrogen-bond donors (Lipinski definition) is 2. The van der Waals surface area contributed by atoms with Crippen LogP contribution in [-0.4, -0.2) is 29.2 Å². The normalized spacial score (nSPS) is 13.9. The Kier molecular flexibility index (Phi) is 7.39. The van der Waals surface area contributed by atoms with E-state index in [-0.39, 0.29) is 23.9 Å². The molecule has 0 aliphatic heterocycles. The van der Waals surface area contributed by atoms with Crippen molar-refractivity contribution in [2.45, 2.75) is 52.6 Å². The van der Waals surface area contributed by atoms with E-state index in [1.165, 1.54) is 7.11 Å². The number of phenols is 1. The van der Waals surface area contributed by atoms with Gasteiger partial charge in [-0.15, -0.1) is 0 Å². The van der Waals surface area contributed by atoms with Crippen LogP contribution in [0.15, 0.2) is 18.2 Å². The summed E-state index contributed by atoms with van der Waals surface area (Å²) in [5.74, 6) is 1.23. The van der Waals surface area contributed by atoms with Crippen molar-refractivity contribution in [2.24, 2.45) is 11.8 Å². The minimum atomic E-state index is -0.566. The maximum atomic E-state index is 12.0. The minimum Gasteiger partial charge on any atom is -0.504 e. The molecule has 0 aromatic heterocycles. The fourth-order valence-electron chi connectivity index (χ4n) is 2.60. The quantitative estimate of drug-likeness (QED) is 0.734. The Morgan fingerprint density at radius 3 is 2.55 bits per heavy atom. The van der Waals surface area contributed by atoms with Gasteiger partial charge in [0.25, 0.3) is 0 Å². The first-order chi connectivity index (χ1) is 10.3. The average Bonchev–Trinajstić information content (AvgIpc) is 2.45. The van der Waals surface area contributed by atoms with Gasteiger partial charge < -0.3 is 14.9 Å². The Morgan fingerprint density at radius 2 is 1.95 bits per heavy atom. The summed E-state index contributed by atoms with van der Waals surface area (Å²) in [7, 11) is 1.50. The number of aliphatic hydroxyl groups excluding tert-OH is 1. The van der Waals surface area contributed by atoms with Gasteiger partial charge in [-0.25, -0.2) is 0 Å². The summed E-state index contributed by atoms with van der Waals surface area (Å²) in [5.41, 5.74) is 0.938. The van der Waals surface area contributed by atoms with Gasteiger partial charge in [-0.1, -0.05) is 26.8 Å². The molecular formula is C18H28O4. The molecule has 1 aromatic rings. The van der Waals surface area contributed by atoms with Gasteiger partial charge in [-0.3, -0.25) is 4.79 Å². The van der Waals surface area contributed by atoms with Gasteiger partial charge in [0.05, 0.1) is 13.2 Å². The summed E-state index contributed by atoms with van der Waals surface area (Å²) in [5, 5.41) is 19.6. The first kappa shape index (κ1) is 18.5. The van der Waals surface area contributed by atoms with Crippen LogP contribution in [0, 0.1) is 11.8 Å². The lowest BCUT2D eigenvalue weighted by Gasteiger charge is -2.20. The zero-order valence-electron chi connectivity index (χ0n) is 14.0. The number of hydrogen-bond acceptors (Lipinski definition) is 4. The number of aromatic hydroxyl groups is 1. The van der Waals surface area contributed by atoms with E-state index in [4.69, 9.17) is 4.74 Å². The van der Waals surface area contributed by atoms with E-state index < -0.39 is 6.10 Å². The highest BCUT2D eigenvalue weighted by Gasteiger charge is 2.18. The van der Waals surface area contributed by atoms with Gasteiger partial charge in [0, 0.05) is 12.8 Å². The predicted molar refractivity (Wildman–Crippen MR) is 87.2 cm³/mol. The van der Waals surface area contributed by atoms with E-state index in [0.717, 1.165) is 12.0 Å². The van der Waals surface area contributed by atoms with Crippen molar-refractivity contribution in [2.75, 3.05) is 7.11 Å². The molecular weight excluding hydrogens is 280 g/mol. The summed E-state index contributed by atoms with van der Waals surface area (Å²) < 4.78 is 5.05. The van der Waals surface area contributed by atoms with Crippen molar-refractivity contribution in [3.05, 3.63) is 23.8 Å². The fraction of sp³-hybridized carbons (Fsp3) is 0.611. The summed E-state index contributed by atoms with van der Waals surface area (Å²) >= 11 is 0. The molecule has 1 unspecified atom stereocenters. The summed E-state index contributed by atoms with van der Waals surface area (Å²) in [6.45, 7) is 6.22. The maximum absolute atomic E-state index is 12.0. The first-order valence-corrected chi connectivity index (χ1v) is 7.89. The highest BCUT2D eigenvalue weighted by atomic mass is 16.5. The molecule has 0 radical (unpaired) electrons. The Hall–Kier alpha value is -1.55. The number of carbonyl (C=O) groups is 1. The molecule has 0 fully saturated rings. The van der Waals surface area contributed by atoms with Crippen LogP contribution < -0.4 is 4.74 Å². The summed E-state index contributed by atoms with van der Waals surface area (Å²) in [4.78, 5) is 12.0. The molecule has 4 heteroatoms. The molecule has 0 aliphatic rings. The Balaban J connectivity index is 2.46. The fourth-order valence-corrected chi connectivity index (χ4v) is 2.60. The van der Waals surface area contributed by atoms with Gasteiger partial charge in [-0.2, -0.15) is 0 Å². The molecule has 1 rings (SSSR count). The van der Waals surface area contributed by atoms with Crippen LogP contribution in [0.1, 0.15) is 45.6 Å². The van der Waals surface area contributed by atoms with Crippen molar-refractivity contribution >= 4 is 5.78 Å². The standard InChI is InChI=1S/C18H28O4/c1-12(2)9-13(3)17(21)11-15(19)7-5-14-6-8-16(20)18(10-14)22-4/h6,8,10,12-13,17,20-21H,5,7,9,11H2,1-4H3/t13?,17-/m1/s1. The number of carbonyl (C=O) groups excluding carboxylic acids is 1. The van der Waals surface area contributed by atoms with E-state index in [0.29, 0.717) is 24.5 Å². The molecule has 2 atom stereocenters. The number of Topliss-reactive ketones (excluding diaryl/α,β-unsaturated/α-hetero) is 1. The second-order valence-corrected chi connectivity index (χ2v) is 6.42. The molecule has 2 N–H and O–H groups in total. The Bertz CT molecular complexity index is 482. The van der Waals surface area contributed by atoms with Crippen molar-refractivity contribution in [1.29, 1.82) is 0 Å². The molecule has 1 aromatic carbocycles. The smallest absolute Gasteiger partial charge is 0.160 e. The average molecular weight is 308 g/mol. The highest BCUT2D eigenvalue weighted by Crippen LogP contribution is 2.27. The van der Waals surface area contributed by atoms with Crippen LogP contribution in [0.25, 0.3) is 0 Å². The Morgan fingerprint density at radius 1 is 1.27 bits per heavy atom. The van der Waals surface area contributed by atoms with Crippen molar-refractivity contribution < 1.29 is 19.7 Å². The van der Waals surface area contributed by atoms with Gasteiger partial charge >= 0.3 is 0 Å². The Labute approximate surface area is 133 Å². The molecule has 0 amide bonds. The van der Waals surface area contributed by atoms with Crippen LogP contribution in [0.4, 0.5) is 0 Å². The number of benzene rings is 1. The third-order valence-corrected chi connectivity index (χ3v) is 3.87. The minimum absolute atomic E-state index is 0.0650. The van der Waals surface area contributed by atoms with Crippen LogP contribution in [0.3, 0.4) is 0 Å². The second-order valence-electron chi connectivity index (χ2n) is 6.42. The molecule has 0 heterocycles. The van der Waals surface area contributed by atoms with Crippen LogP contribution >= 0.6 is 0 Å². The monoisotopic (exact) mass is 308 g/mol. The molecule has 0 saturated carbocycles. The number of rotatable bonds is 9. The van der Waals surface area contributed by atoms with Gasteiger partial charge in [0.1, 0.15) is 5.78 Å². The molecule has 0 spiro atoms. The lowest BCUT2D eigenvalue weighted by molar-refractivity contribution is -0.121. The maximum Gasteiger partial charge on any atom is 0.160 e. The van der Waals surface area contributed by atoms with E-state index in [1.807, 2.05) is 6.92 Å². The van der Waals surface area contributed by atoms with Crippen molar-refractivity contribution in [1.82, 2.24) is 0 Å². The SMILES string of the molecule is COc1cc(CCC(=O)C[C@@H](O)C(C)CC(C)C)ccc1O. The number of methoxy groups -OCH3 is 1. The molecule has 4 nitrogen and oxygen atoms in total. The molecule has 124 valence electrons. The van der Waals surface area contributed by atoms with Gasteiger partial charge in [-0.05, 0) is 42.4 Å². The lowest BCUT2D eigenvalue weighted by atomic mass is 9.90. The second kappa shape index (κ2) is 8.79. The van der Waals surface area contributed by atoms with Gasteiger partial charge in [0.2, 0.25) is 0 Å². The third kappa shape index (κ3) is 6.06. The summed E-state index contributed by atoms with van der Waals surface area (Å²) in [6.07, 6.45) is 1.54. The lowest BCUT2D eigenvalue weighted by Crippen LogP contribution is -2.23. The number of aryl methyl sites for hydroxylation is 1. The first-order valence-electron chi connectivity index (χ1n) is 7.89. The number of ketones is 1. The zero-order valence-corrected chi connectivity index (χ0v) is 14.0. The van der Waals surface area contributed by atoms with Crippen LogP contribution in [0.2, 0.25) is 0 Å². The third-order valence-electron chi connectivity index (χ3n) is 3.87. The van der Waals surface area contributed by atoms with E-state index >= 15 is 0 Å². The highest BCUT2D eigenvalue weighted by molar-refractivity contribution is 5.79. The number of aliphatic hydroxyl groups is 1. The van der Waals surface area contributed by atoms with Gasteiger partial charge in [0.15, 0.2) is 11.5 Å². The van der Waals surface area contributed by atoms with E-state index in [9.17, 15) is 15.0 Å². The molecule has 0 saturated heterocycles. The van der Waals surface area contributed by atoms with Crippen LogP contribution in [0.5, 0.6) is 11.5 Å². The summed E-state index contributed by atoms with van der Waals surface area (Å²) in [6, 6.07) is 5.08. The van der Waals surface area contributed by atoms with Crippen molar-refractivity contribution in [3.8, 4) is 11.5 Å². The predicted octanol–water partition coefficient (Wildman–Crippen LogP) is 3.34. The largest absolute Gasteiger partial charge is 0.504 e. The molecule has 22 heavy (non-hydrogen) atoms. The zero-order chi connectivity index (χ0) is 16.7. The number of ether oxygens (including phenoxy) is 1. The molecule has 0 bridgehead atoms. The van der Waals surface area contributed by atoms with E-state index in [1.54, 1.807) is 18.2 Å². The topological polar surface area (TPSA) is 66.8 Å². The number of phenolic OH excluding ortho intramolecular Hbond substituents is 1. The van der Waals surface area contributed by atoms with Crippen molar-refractivity contribution in [3.63, 3.8) is 0 Å². The van der Waals surface area contributed by atoms with Crippen LogP contribution in [-0.2, 0) is 11.2 Å². The molecule has 0 aliphatic carbocycles. The van der Waals surface area contributed by atoms with E-state index in [2.05, 4.69) is 13.8 Å².